The number of terminal acetylenes is 1. The van der Waals surface area contributed by atoms with Crippen LogP contribution >= 0.6 is 22.9 Å². The number of rotatable bonds is 4. The van der Waals surface area contributed by atoms with Gasteiger partial charge in [-0.15, -0.1) is 6.42 Å². The smallest absolute Gasteiger partial charge is 0.279 e. The topological polar surface area (TPSA) is 71.7 Å². The zero-order chi connectivity index (χ0) is 25.4. The Hall–Kier alpha value is -3.22. The lowest BCUT2D eigenvalue weighted by atomic mass is 10.0. The van der Waals surface area contributed by atoms with Crippen LogP contribution in [0, 0.1) is 19.3 Å². The largest absolute Gasteiger partial charge is 0.304 e. The van der Waals surface area contributed by atoms with Crippen molar-refractivity contribution >= 4 is 49.1 Å². The van der Waals surface area contributed by atoms with Gasteiger partial charge in [-0.1, -0.05) is 53.1 Å². The first-order valence-electron chi connectivity index (χ1n) is 11.3. The van der Waals surface area contributed by atoms with Gasteiger partial charge in [-0.25, -0.2) is 8.42 Å². The fourth-order valence-electron chi connectivity index (χ4n) is 4.38. The summed E-state index contributed by atoms with van der Waals surface area (Å²) in [6.45, 7) is 2.89. The third-order valence-corrected chi connectivity index (χ3v) is 9.62. The molecular formula is C27H22ClN3O3S2. The molecule has 5 rings (SSSR count). The normalized spacial score (nSPS) is 14.5. The summed E-state index contributed by atoms with van der Waals surface area (Å²) < 4.78 is 30.7. The van der Waals surface area contributed by atoms with Crippen molar-refractivity contribution in [1.82, 2.24) is 8.87 Å². The Kier molecular flexibility index (Phi) is 6.58. The van der Waals surface area contributed by atoms with Gasteiger partial charge in [0, 0.05) is 23.7 Å². The monoisotopic (exact) mass is 535 g/mol. The van der Waals surface area contributed by atoms with E-state index in [0.29, 0.717) is 29.3 Å². The van der Waals surface area contributed by atoms with Gasteiger partial charge in [0.1, 0.15) is 0 Å². The maximum absolute atomic E-state index is 13.2. The number of nitrogens with zero attached hydrogens (tertiary/aromatic N) is 3. The quantitative estimate of drug-likeness (QED) is 0.353. The van der Waals surface area contributed by atoms with Gasteiger partial charge in [0.15, 0.2) is 4.80 Å². The second kappa shape index (κ2) is 9.68. The molecule has 0 fully saturated rings. The van der Waals surface area contributed by atoms with Crippen molar-refractivity contribution in [3.8, 4) is 12.3 Å². The minimum absolute atomic E-state index is 0.146. The molecule has 3 aromatic carbocycles. The van der Waals surface area contributed by atoms with Crippen LogP contribution < -0.4 is 4.80 Å². The molecule has 182 valence electrons. The molecule has 6 nitrogen and oxygen atoms in total. The first-order valence-corrected chi connectivity index (χ1v) is 13.9. The van der Waals surface area contributed by atoms with E-state index in [1.165, 1.54) is 45.5 Å². The summed E-state index contributed by atoms with van der Waals surface area (Å²) in [5.41, 5.74) is 4.19. The minimum atomic E-state index is -3.69. The van der Waals surface area contributed by atoms with Crippen molar-refractivity contribution in [3.63, 3.8) is 0 Å². The lowest BCUT2D eigenvalue weighted by Gasteiger charge is -2.28. The summed E-state index contributed by atoms with van der Waals surface area (Å²) in [5, 5.41) is 0.609. The Morgan fingerprint density at radius 1 is 1.11 bits per heavy atom. The Labute approximate surface area is 218 Å². The van der Waals surface area contributed by atoms with Crippen LogP contribution in [0.5, 0.6) is 0 Å². The molecule has 0 bridgehead atoms. The van der Waals surface area contributed by atoms with E-state index in [1.54, 1.807) is 4.57 Å². The summed E-state index contributed by atoms with van der Waals surface area (Å²) in [7, 11) is -3.69. The van der Waals surface area contributed by atoms with Crippen LogP contribution in [0.2, 0.25) is 5.02 Å². The predicted molar refractivity (Wildman–Crippen MR) is 142 cm³/mol. The molecule has 0 unspecified atom stereocenters. The molecule has 0 aliphatic carbocycles. The van der Waals surface area contributed by atoms with Crippen molar-refractivity contribution in [2.24, 2.45) is 4.99 Å². The van der Waals surface area contributed by atoms with E-state index < -0.39 is 15.9 Å². The van der Waals surface area contributed by atoms with E-state index >= 15 is 0 Å². The summed E-state index contributed by atoms with van der Waals surface area (Å²) in [6.07, 6.45) is 6.24. The summed E-state index contributed by atoms with van der Waals surface area (Å²) in [6, 6.07) is 17.5. The number of benzene rings is 3. The van der Waals surface area contributed by atoms with E-state index in [9.17, 15) is 13.2 Å². The van der Waals surface area contributed by atoms with E-state index in [4.69, 9.17) is 18.0 Å². The molecule has 0 saturated carbocycles. The van der Waals surface area contributed by atoms with Gasteiger partial charge in [0.25, 0.3) is 5.91 Å². The maximum Gasteiger partial charge on any atom is 0.279 e. The molecule has 4 aromatic rings. The first kappa shape index (κ1) is 24.5. The number of thiazole rings is 1. The number of hydrogen-bond donors (Lipinski definition) is 0. The molecule has 36 heavy (non-hydrogen) atoms. The molecule has 0 radical (unpaired) electrons. The van der Waals surface area contributed by atoms with Crippen LogP contribution in [0.15, 0.2) is 70.6 Å². The second-order valence-corrected chi connectivity index (χ2v) is 11.8. The van der Waals surface area contributed by atoms with Crippen molar-refractivity contribution < 1.29 is 13.2 Å². The van der Waals surface area contributed by atoms with Crippen molar-refractivity contribution in [2.75, 3.05) is 6.54 Å². The van der Waals surface area contributed by atoms with Crippen molar-refractivity contribution in [2.45, 2.75) is 31.3 Å². The molecule has 0 saturated heterocycles. The van der Waals surface area contributed by atoms with Gasteiger partial charge in [-0.3, -0.25) is 4.79 Å². The van der Waals surface area contributed by atoms with Gasteiger partial charge in [0.05, 0.1) is 21.7 Å². The van der Waals surface area contributed by atoms with E-state index in [0.717, 1.165) is 21.3 Å². The van der Waals surface area contributed by atoms with Crippen LogP contribution in [-0.4, -0.2) is 29.7 Å². The summed E-state index contributed by atoms with van der Waals surface area (Å²) in [4.78, 5) is 17.9. The van der Waals surface area contributed by atoms with Gasteiger partial charge in [-0.2, -0.15) is 9.30 Å². The molecule has 0 N–H and O–H groups in total. The molecule has 1 amide bonds. The van der Waals surface area contributed by atoms with Crippen LogP contribution in [0.4, 0.5) is 0 Å². The maximum atomic E-state index is 13.2. The number of aryl methyl sites for hydroxylation is 1. The average Bonchev–Trinajstić information content (AvgIpc) is 3.23. The van der Waals surface area contributed by atoms with Crippen LogP contribution in [-0.2, 0) is 29.5 Å². The summed E-state index contributed by atoms with van der Waals surface area (Å²) >= 11 is 7.64. The Balaban J connectivity index is 1.44. The van der Waals surface area contributed by atoms with Crippen LogP contribution in [0.3, 0.4) is 0 Å². The SMILES string of the molecule is C#CCn1c(=NC(=O)c2ccc(S(=O)(=O)N3CCc4ccccc4C3)cc2)sc2ccc(Cl)c(C)c21. The predicted octanol–water partition coefficient (Wildman–Crippen LogP) is 4.79. The van der Waals surface area contributed by atoms with Crippen molar-refractivity contribution in [3.05, 3.63) is 92.7 Å². The molecular weight excluding hydrogens is 514 g/mol. The van der Waals surface area contributed by atoms with E-state index in [1.807, 2.05) is 43.3 Å². The number of carbonyl (C=O) groups is 1. The molecule has 0 spiro atoms. The molecule has 1 aromatic heterocycles. The molecule has 2 heterocycles. The van der Waals surface area contributed by atoms with Gasteiger partial charge in [-0.05, 0) is 66.4 Å². The van der Waals surface area contributed by atoms with Crippen LogP contribution in [0.25, 0.3) is 10.2 Å². The number of carbonyl (C=O) groups excluding carboxylic acids is 1. The molecule has 0 atom stereocenters. The Morgan fingerprint density at radius 2 is 1.83 bits per heavy atom. The van der Waals surface area contributed by atoms with Gasteiger partial charge < -0.3 is 4.57 Å². The highest BCUT2D eigenvalue weighted by Crippen LogP contribution is 2.28. The summed E-state index contributed by atoms with van der Waals surface area (Å²) in [5.74, 6) is 2.13. The highest BCUT2D eigenvalue weighted by molar-refractivity contribution is 7.89. The van der Waals surface area contributed by atoms with E-state index in [-0.39, 0.29) is 17.0 Å². The number of aromatic nitrogens is 1. The zero-order valence-corrected chi connectivity index (χ0v) is 21.8. The Bertz CT molecular complexity index is 1710. The third kappa shape index (κ3) is 4.40. The molecule has 9 heteroatoms. The minimum Gasteiger partial charge on any atom is -0.304 e. The number of fused-ring (bicyclic) bond motifs is 2. The lowest BCUT2D eigenvalue weighted by molar-refractivity contribution is 0.0998. The number of amides is 1. The molecule has 1 aliphatic rings. The second-order valence-electron chi connectivity index (χ2n) is 8.49. The van der Waals surface area contributed by atoms with E-state index in [2.05, 4.69) is 10.9 Å². The third-order valence-electron chi connectivity index (χ3n) is 6.31. The van der Waals surface area contributed by atoms with Crippen LogP contribution in [0.1, 0.15) is 27.0 Å². The van der Waals surface area contributed by atoms with Gasteiger partial charge in [0.2, 0.25) is 10.0 Å². The van der Waals surface area contributed by atoms with Crippen molar-refractivity contribution in [1.29, 1.82) is 0 Å². The number of sulfonamides is 1. The fourth-order valence-corrected chi connectivity index (χ4v) is 7.04. The fraction of sp³-hybridized carbons (Fsp3) is 0.185. The number of hydrogen-bond acceptors (Lipinski definition) is 4. The zero-order valence-electron chi connectivity index (χ0n) is 19.4. The average molecular weight is 536 g/mol. The Morgan fingerprint density at radius 3 is 2.56 bits per heavy atom. The standard InChI is InChI=1S/C27H22ClN3O3S2/c1-3-15-31-25-18(2)23(28)12-13-24(25)35-27(31)29-26(32)20-8-10-22(11-9-20)36(33,34)30-16-14-19-6-4-5-7-21(19)17-30/h1,4-13H,14-17H2,2H3. The highest BCUT2D eigenvalue weighted by atomic mass is 35.5. The number of halogens is 1. The van der Waals surface area contributed by atoms with Gasteiger partial charge >= 0.3 is 0 Å². The highest BCUT2D eigenvalue weighted by Gasteiger charge is 2.28. The molecule has 1 aliphatic heterocycles. The lowest BCUT2D eigenvalue weighted by Crippen LogP contribution is -2.35. The first-order chi connectivity index (χ1) is 17.3.